The summed E-state index contributed by atoms with van der Waals surface area (Å²) in [6.45, 7) is 5.17. The Kier molecular flexibility index (Phi) is 2.90. The van der Waals surface area contributed by atoms with Crippen molar-refractivity contribution >= 4 is 5.91 Å². The van der Waals surface area contributed by atoms with Crippen molar-refractivity contribution in [3.8, 4) is 0 Å². The van der Waals surface area contributed by atoms with Crippen molar-refractivity contribution in [3.05, 3.63) is 35.4 Å². The van der Waals surface area contributed by atoms with Crippen molar-refractivity contribution in [1.82, 2.24) is 4.90 Å². The lowest BCUT2D eigenvalue weighted by atomic mass is 9.86. The van der Waals surface area contributed by atoms with E-state index in [0.717, 1.165) is 19.4 Å². The highest BCUT2D eigenvalue weighted by atomic mass is 16.3. The van der Waals surface area contributed by atoms with Gasteiger partial charge in [0, 0.05) is 18.5 Å². The Balaban J connectivity index is 1.87. The summed E-state index contributed by atoms with van der Waals surface area (Å²) in [5.74, 6) is -0.143. The second kappa shape index (κ2) is 4.34. The molecule has 3 heteroatoms. The summed E-state index contributed by atoms with van der Waals surface area (Å²) >= 11 is 0. The van der Waals surface area contributed by atoms with Crippen LogP contribution >= 0.6 is 0 Å². The van der Waals surface area contributed by atoms with Crippen LogP contribution in [0.5, 0.6) is 0 Å². The Labute approximate surface area is 114 Å². The lowest BCUT2D eigenvalue weighted by Crippen LogP contribution is -2.47. The molecule has 1 atom stereocenters. The molecule has 1 heterocycles. The van der Waals surface area contributed by atoms with E-state index in [4.69, 9.17) is 0 Å². The SMILES string of the molecule is CC(C)[C@H](O)C(=O)N1Cc2ccccc2C2(CC2)C1. The van der Waals surface area contributed by atoms with Crippen molar-refractivity contribution in [2.45, 2.75) is 44.8 Å². The molecule has 1 fully saturated rings. The molecule has 1 spiro atoms. The van der Waals surface area contributed by atoms with Crippen molar-refractivity contribution in [2.75, 3.05) is 6.54 Å². The fourth-order valence-electron chi connectivity index (χ4n) is 3.09. The van der Waals surface area contributed by atoms with Gasteiger partial charge in [-0.25, -0.2) is 0 Å². The number of carbonyl (C=O) groups excluding carboxylic acids is 1. The zero-order valence-corrected chi connectivity index (χ0v) is 11.6. The van der Waals surface area contributed by atoms with Gasteiger partial charge in [0.25, 0.3) is 5.91 Å². The van der Waals surface area contributed by atoms with E-state index in [0.29, 0.717) is 6.54 Å². The highest BCUT2D eigenvalue weighted by Gasteiger charge is 2.50. The quantitative estimate of drug-likeness (QED) is 0.883. The van der Waals surface area contributed by atoms with E-state index in [1.807, 2.05) is 24.8 Å². The fraction of sp³-hybridized carbons (Fsp3) is 0.562. The van der Waals surface area contributed by atoms with E-state index in [1.54, 1.807) is 0 Å². The van der Waals surface area contributed by atoms with Gasteiger partial charge in [0.2, 0.25) is 0 Å². The molecule has 1 aromatic rings. The Morgan fingerprint density at radius 1 is 1.32 bits per heavy atom. The predicted molar refractivity (Wildman–Crippen MR) is 73.6 cm³/mol. The van der Waals surface area contributed by atoms with E-state index in [2.05, 4.69) is 18.2 Å². The van der Waals surface area contributed by atoms with Gasteiger partial charge in [-0.2, -0.15) is 0 Å². The molecular weight excluding hydrogens is 238 g/mol. The average molecular weight is 259 g/mol. The molecule has 0 bridgehead atoms. The van der Waals surface area contributed by atoms with Crippen LogP contribution in [0.15, 0.2) is 24.3 Å². The minimum absolute atomic E-state index is 0.0279. The van der Waals surface area contributed by atoms with Crippen LogP contribution in [0, 0.1) is 5.92 Å². The number of benzene rings is 1. The summed E-state index contributed by atoms with van der Waals surface area (Å²) in [7, 11) is 0. The highest BCUT2D eigenvalue weighted by molar-refractivity contribution is 5.81. The second-order valence-corrected chi connectivity index (χ2v) is 6.32. The van der Waals surface area contributed by atoms with Crippen molar-refractivity contribution in [3.63, 3.8) is 0 Å². The van der Waals surface area contributed by atoms with E-state index < -0.39 is 6.10 Å². The Morgan fingerprint density at radius 2 is 2.00 bits per heavy atom. The van der Waals surface area contributed by atoms with Gasteiger partial charge < -0.3 is 10.0 Å². The van der Waals surface area contributed by atoms with Crippen LogP contribution < -0.4 is 0 Å². The standard InChI is InChI=1S/C16H21NO2/c1-11(2)14(18)15(19)17-9-12-5-3-4-6-13(12)16(10-17)7-8-16/h3-6,11,14,18H,7-10H2,1-2H3/t14-/m0/s1. The molecule has 3 nitrogen and oxygen atoms in total. The van der Waals surface area contributed by atoms with Gasteiger partial charge in [-0.1, -0.05) is 38.1 Å². The molecule has 1 aromatic carbocycles. The van der Waals surface area contributed by atoms with Gasteiger partial charge in [0.15, 0.2) is 0 Å². The first-order valence-corrected chi connectivity index (χ1v) is 7.09. The van der Waals surface area contributed by atoms with Gasteiger partial charge in [-0.05, 0) is 29.9 Å². The third-order valence-corrected chi connectivity index (χ3v) is 4.49. The molecule has 1 aliphatic heterocycles. The summed E-state index contributed by atoms with van der Waals surface area (Å²) in [6, 6.07) is 8.42. The zero-order valence-electron chi connectivity index (χ0n) is 11.6. The first-order chi connectivity index (χ1) is 9.03. The molecular formula is C16H21NO2. The monoisotopic (exact) mass is 259 g/mol. The average Bonchev–Trinajstić information content (AvgIpc) is 3.17. The van der Waals surface area contributed by atoms with Crippen LogP contribution in [0.3, 0.4) is 0 Å². The minimum atomic E-state index is -0.874. The molecule has 3 rings (SSSR count). The van der Waals surface area contributed by atoms with Crippen molar-refractivity contribution in [2.24, 2.45) is 5.92 Å². The normalized spacial score (nSPS) is 21.4. The maximum atomic E-state index is 12.3. The smallest absolute Gasteiger partial charge is 0.252 e. The van der Waals surface area contributed by atoms with Crippen LogP contribution in [0.1, 0.15) is 37.8 Å². The number of carbonyl (C=O) groups is 1. The van der Waals surface area contributed by atoms with Crippen LogP contribution in [0.25, 0.3) is 0 Å². The molecule has 1 amide bonds. The number of hydrogen-bond acceptors (Lipinski definition) is 2. The third kappa shape index (κ3) is 2.06. The highest BCUT2D eigenvalue weighted by Crippen LogP contribution is 2.52. The molecule has 0 radical (unpaired) electrons. The molecule has 1 saturated carbocycles. The van der Waals surface area contributed by atoms with Gasteiger partial charge in [-0.3, -0.25) is 4.79 Å². The zero-order chi connectivity index (χ0) is 13.6. The molecule has 0 saturated heterocycles. The van der Waals surface area contributed by atoms with Gasteiger partial charge in [-0.15, -0.1) is 0 Å². The summed E-state index contributed by atoms with van der Waals surface area (Å²) < 4.78 is 0. The second-order valence-electron chi connectivity index (χ2n) is 6.32. The van der Waals surface area contributed by atoms with Crippen LogP contribution in [-0.4, -0.2) is 28.6 Å². The Hall–Kier alpha value is -1.35. The van der Waals surface area contributed by atoms with Crippen LogP contribution in [0.2, 0.25) is 0 Å². The van der Waals surface area contributed by atoms with Gasteiger partial charge >= 0.3 is 0 Å². The van der Waals surface area contributed by atoms with Gasteiger partial charge in [0.05, 0.1) is 0 Å². The molecule has 19 heavy (non-hydrogen) atoms. The largest absolute Gasteiger partial charge is 0.383 e. The van der Waals surface area contributed by atoms with E-state index >= 15 is 0 Å². The molecule has 2 aliphatic rings. The number of rotatable bonds is 2. The number of hydrogen-bond donors (Lipinski definition) is 1. The maximum Gasteiger partial charge on any atom is 0.252 e. The Bertz CT molecular complexity index is 505. The maximum absolute atomic E-state index is 12.3. The van der Waals surface area contributed by atoms with Gasteiger partial charge in [0.1, 0.15) is 6.10 Å². The number of fused-ring (bicyclic) bond motifs is 2. The van der Waals surface area contributed by atoms with Crippen LogP contribution in [-0.2, 0) is 16.8 Å². The predicted octanol–water partition coefficient (Wildman–Crippen LogP) is 2.08. The third-order valence-electron chi connectivity index (χ3n) is 4.49. The molecule has 0 unspecified atom stereocenters. The first kappa shape index (κ1) is 12.7. The van der Waals surface area contributed by atoms with E-state index in [9.17, 15) is 9.90 Å². The van der Waals surface area contributed by atoms with E-state index in [1.165, 1.54) is 11.1 Å². The number of amides is 1. The molecule has 1 aliphatic carbocycles. The fourth-order valence-corrected chi connectivity index (χ4v) is 3.09. The number of aliphatic hydroxyl groups is 1. The lowest BCUT2D eigenvalue weighted by molar-refractivity contribution is -0.144. The summed E-state index contributed by atoms with van der Waals surface area (Å²) in [4.78, 5) is 14.2. The van der Waals surface area contributed by atoms with E-state index in [-0.39, 0.29) is 17.2 Å². The van der Waals surface area contributed by atoms with Crippen molar-refractivity contribution < 1.29 is 9.90 Å². The van der Waals surface area contributed by atoms with Crippen LogP contribution in [0.4, 0.5) is 0 Å². The number of aliphatic hydroxyl groups excluding tert-OH is 1. The molecule has 1 N–H and O–H groups in total. The topological polar surface area (TPSA) is 40.5 Å². The molecule has 0 aromatic heterocycles. The summed E-state index contributed by atoms with van der Waals surface area (Å²) in [6.07, 6.45) is 1.44. The minimum Gasteiger partial charge on any atom is -0.383 e. The summed E-state index contributed by atoms with van der Waals surface area (Å²) in [5.41, 5.74) is 2.84. The van der Waals surface area contributed by atoms with Crippen molar-refractivity contribution in [1.29, 1.82) is 0 Å². The summed E-state index contributed by atoms with van der Waals surface area (Å²) in [5, 5.41) is 9.99. The Morgan fingerprint density at radius 3 is 2.63 bits per heavy atom. The molecule has 102 valence electrons. The number of nitrogens with zero attached hydrogens (tertiary/aromatic N) is 1. The first-order valence-electron chi connectivity index (χ1n) is 7.09. The lowest BCUT2D eigenvalue weighted by Gasteiger charge is -2.36.